The third kappa shape index (κ3) is 4.55. The van der Waals surface area contributed by atoms with Crippen molar-refractivity contribution in [3.63, 3.8) is 0 Å². The van der Waals surface area contributed by atoms with Crippen molar-refractivity contribution in [2.75, 3.05) is 19.8 Å². The topological polar surface area (TPSA) is 34.2 Å². The second kappa shape index (κ2) is 5.90. The van der Waals surface area contributed by atoms with E-state index in [-0.39, 0.29) is 5.54 Å². The second-order valence-electron chi connectivity index (χ2n) is 6.74. The molecule has 1 saturated heterocycles. The SMILES string of the molecule is Cc1ncc(CC2(CNC(C)(C)C)CCOCC2)s1. The van der Waals surface area contributed by atoms with Gasteiger partial charge in [0, 0.05) is 36.4 Å². The summed E-state index contributed by atoms with van der Waals surface area (Å²) in [7, 11) is 0. The molecule has 2 heterocycles. The maximum absolute atomic E-state index is 5.56. The molecule has 0 aromatic carbocycles. The molecule has 19 heavy (non-hydrogen) atoms. The Morgan fingerprint density at radius 3 is 2.58 bits per heavy atom. The highest BCUT2D eigenvalue weighted by Gasteiger charge is 2.34. The molecule has 1 aromatic heterocycles. The smallest absolute Gasteiger partial charge is 0.0896 e. The fourth-order valence-electron chi connectivity index (χ4n) is 2.53. The van der Waals surface area contributed by atoms with E-state index in [1.54, 1.807) is 0 Å². The Kier molecular flexibility index (Phi) is 4.64. The van der Waals surface area contributed by atoms with Crippen LogP contribution in [-0.2, 0) is 11.2 Å². The van der Waals surface area contributed by atoms with Crippen LogP contribution in [0.2, 0.25) is 0 Å². The van der Waals surface area contributed by atoms with E-state index in [4.69, 9.17) is 4.74 Å². The lowest BCUT2D eigenvalue weighted by Gasteiger charge is -2.39. The van der Waals surface area contributed by atoms with Crippen LogP contribution in [0, 0.1) is 12.3 Å². The number of nitrogens with one attached hydrogen (secondary N) is 1. The molecular formula is C15H26N2OS. The number of ether oxygens (including phenoxy) is 1. The first-order valence-corrected chi connectivity index (χ1v) is 7.94. The standard InChI is InChI=1S/C15H26N2OS/c1-12-16-10-13(19-12)9-15(5-7-18-8-6-15)11-17-14(2,3)4/h10,17H,5-9,11H2,1-4H3. The Labute approximate surface area is 120 Å². The summed E-state index contributed by atoms with van der Waals surface area (Å²) in [5, 5.41) is 4.86. The van der Waals surface area contributed by atoms with Gasteiger partial charge in [0.2, 0.25) is 0 Å². The Bertz CT molecular complexity index is 403. The molecule has 0 unspecified atom stereocenters. The summed E-state index contributed by atoms with van der Waals surface area (Å²) in [6.45, 7) is 11.6. The molecule has 4 heteroatoms. The van der Waals surface area contributed by atoms with Crippen LogP contribution in [0.25, 0.3) is 0 Å². The minimum atomic E-state index is 0.176. The molecule has 1 aliphatic heterocycles. The van der Waals surface area contributed by atoms with Gasteiger partial charge in [0.15, 0.2) is 0 Å². The summed E-state index contributed by atoms with van der Waals surface area (Å²) < 4.78 is 5.56. The van der Waals surface area contributed by atoms with Gasteiger partial charge in [-0.2, -0.15) is 0 Å². The highest BCUT2D eigenvalue weighted by Crippen LogP contribution is 2.35. The molecular weight excluding hydrogens is 256 g/mol. The Morgan fingerprint density at radius 1 is 1.37 bits per heavy atom. The molecule has 0 amide bonds. The summed E-state index contributed by atoms with van der Waals surface area (Å²) in [5.74, 6) is 0. The molecule has 0 atom stereocenters. The fourth-order valence-corrected chi connectivity index (χ4v) is 3.50. The van der Waals surface area contributed by atoms with Gasteiger partial charge in [0.25, 0.3) is 0 Å². The molecule has 2 rings (SSSR count). The lowest BCUT2D eigenvalue weighted by atomic mass is 9.76. The van der Waals surface area contributed by atoms with E-state index in [9.17, 15) is 0 Å². The first kappa shape index (κ1) is 14.9. The predicted molar refractivity (Wildman–Crippen MR) is 80.8 cm³/mol. The van der Waals surface area contributed by atoms with Gasteiger partial charge in [-0.15, -0.1) is 11.3 Å². The van der Waals surface area contributed by atoms with Crippen molar-refractivity contribution in [1.82, 2.24) is 10.3 Å². The van der Waals surface area contributed by atoms with E-state index in [0.717, 1.165) is 39.0 Å². The minimum absolute atomic E-state index is 0.176. The van der Waals surface area contributed by atoms with Crippen molar-refractivity contribution in [2.45, 2.75) is 52.5 Å². The normalized spacial score (nSPS) is 19.6. The number of hydrogen-bond acceptors (Lipinski definition) is 4. The van der Waals surface area contributed by atoms with Gasteiger partial charge in [0.1, 0.15) is 0 Å². The predicted octanol–water partition coefficient (Wildman–Crippen LogP) is 3.18. The number of nitrogens with zero attached hydrogens (tertiary/aromatic N) is 1. The van der Waals surface area contributed by atoms with Crippen LogP contribution >= 0.6 is 11.3 Å². The maximum Gasteiger partial charge on any atom is 0.0896 e. The summed E-state index contributed by atoms with van der Waals surface area (Å²) in [4.78, 5) is 5.80. The molecule has 0 bridgehead atoms. The van der Waals surface area contributed by atoms with Gasteiger partial charge in [-0.25, -0.2) is 4.98 Å². The van der Waals surface area contributed by atoms with Crippen LogP contribution in [-0.4, -0.2) is 30.3 Å². The first-order chi connectivity index (χ1) is 8.89. The average Bonchev–Trinajstić information content (AvgIpc) is 2.73. The maximum atomic E-state index is 5.56. The zero-order valence-electron chi connectivity index (χ0n) is 12.6. The van der Waals surface area contributed by atoms with Gasteiger partial charge >= 0.3 is 0 Å². The fraction of sp³-hybridized carbons (Fsp3) is 0.800. The second-order valence-corrected chi connectivity index (χ2v) is 8.06. The van der Waals surface area contributed by atoms with Crippen LogP contribution in [0.1, 0.15) is 43.5 Å². The highest BCUT2D eigenvalue weighted by molar-refractivity contribution is 7.11. The zero-order valence-corrected chi connectivity index (χ0v) is 13.4. The number of aromatic nitrogens is 1. The number of hydrogen-bond donors (Lipinski definition) is 1. The quantitative estimate of drug-likeness (QED) is 0.921. The van der Waals surface area contributed by atoms with E-state index in [2.05, 4.69) is 38.0 Å². The highest BCUT2D eigenvalue weighted by atomic mass is 32.1. The molecule has 1 N–H and O–H groups in total. The first-order valence-electron chi connectivity index (χ1n) is 7.13. The third-order valence-corrected chi connectivity index (χ3v) is 4.68. The van der Waals surface area contributed by atoms with E-state index in [1.165, 1.54) is 9.88 Å². The molecule has 108 valence electrons. The monoisotopic (exact) mass is 282 g/mol. The van der Waals surface area contributed by atoms with Crippen molar-refractivity contribution in [3.8, 4) is 0 Å². The van der Waals surface area contributed by atoms with Gasteiger partial charge < -0.3 is 10.1 Å². The Hall–Kier alpha value is -0.450. The molecule has 1 fully saturated rings. The van der Waals surface area contributed by atoms with Gasteiger partial charge in [0.05, 0.1) is 5.01 Å². The van der Waals surface area contributed by atoms with Crippen molar-refractivity contribution < 1.29 is 4.74 Å². The minimum Gasteiger partial charge on any atom is -0.381 e. The third-order valence-electron chi connectivity index (χ3n) is 3.77. The van der Waals surface area contributed by atoms with Crippen LogP contribution in [0.15, 0.2) is 6.20 Å². The summed E-state index contributed by atoms with van der Waals surface area (Å²) in [6, 6.07) is 0. The van der Waals surface area contributed by atoms with Crippen molar-refractivity contribution >= 4 is 11.3 Å². The zero-order chi connectivity index (χ0) is 13.9. The average molecular weight is 282 g/mol. The van der Waals surface area contributed by atoms with Gasteiger partial charge in [-0.1, -0.05) is 0 Å². The summed E-state index contributed by atoms with van der Waals surface area (Å²) in [5.41, 5.74) is 0.513. The Morgan fingerprint density at radius 2 is 2.05 bits per heavy atom. The molecule has 0 radical (unpaired) electrons. The largest absolute Gasteiger partial charge is 0.381 e. The molecule has 0 spiro atoms. The number of rotatable bonds is 4. The van der Waals surface area contributed by atoms with Crippen molar-refractivity contribution in [3.05, 3.63) is 16.1 Å². The van der Waals surface area contributed by atoms with Crippen molar-refractivity contribution in [1.29, 1.82) is 0 Å². The number of aryl methyl sites for hydroxylation is 1. The van der Waals surface area contributed by atoms with E-state index in [0.29, 0.717) is 5.41 Å². The van der Waals surface area contributed by atoms with E-state index < -0.39 is 0 Å². The molecule has 0 saturated carbocycles. The van der Waals surface area contributed by atoms with Crippen LogP contribution in [0.3, 0.4) is 0 Å². The molecule has 1 aliphatic rings. The van der Waals surface area contributed by atoms with Crippen molar-refractivity contribution in [2.24, 2.45) is 5.41 Å². The van der Waals surface area contributed by atoms with E-state index in [1.807, 2.05) is 17.5 Å². The van der Waals surface area contributed by atoms with Crippen LogP contribution in [0.5, 0.6) is 0 Å². The Balaban J connectivity index is 2.05. The number of thiazole rings is 1. The van der Waals surface area contributed by atoms with Crippen LogP contribution < -0.4 is 5.32 Å². The molecule has 1 aromatic rings. The lowest BCUT2D eigenvalue weighted by Crippen LogP contribution is -2.47. The van der Waals surface area contributed by atoms with Gasteiger partial charge in [-0.05, 0) is 52.4 Å². The summed E-state index contributed by atoms with van der Waals surface area (Å²) in [6.07, 6.45) is 5.47. The molecule has 3 nitrogen and oxygen atoms in total. The van der Waals surface area contributed by atoms with E-state index >= 15 is 0 Å². The summed E-state index contributed by atoms with van der Waals surface area (Å²) >= 11 is 1.83. The molecule has 0 aliphatic carbocycles. The lowest BCUT2D eigenvalue weighted by molar-refractivity contribution is 0.0125. The van der Waals surface area contributed by atoms with Crippen LogP contribution in [0.4, 0.5) is 0 Å². The van der Waals surface area contributed by atoms with Gasteiger partial charge in [-0.3, -0.25) is 0 Å².